The van der Waals surface area contributed by atoms with Gasteiger partial charge in [-0.3, -0.25) is 0 Å². The van der Waals surface area contributed by atoms with Crippen LogP contribution in [-0.2, 0) is 15.8 Å². The second-order valence-electron chi connectivity index (χ2n) is 8.26. The highest BCUT2D eigenvalue weighted by Crippen LogP contribution is 2.40. The van der Waals surface area contributed by atoms with Crippen molar-refractivity contribution in [2.24, 2.45) is 0 Å². The van der Waals surface area contributed by atoms with Crippen LogP contribution in [-0.4, -0.2) is 37.1 Å². The smallest absolute Gasteiger partial charge is 0.192 e. The molecule has 25 heavy (non-hydrogen) atoms. The van der Waals surface area contributed by atoms with Crippen molar-refractivity contribution < 1.29 is 9.16 Å². The summed E-state index contributed by atoms with van der Waals surface area (Å²) in [5.41, 5.74) is 1.23. The van der Waals surface area contributed by atoms with Gasteiger partial charge < -0.3 is 9.16 Å². The second-order valence-corrected chi connectivity index (χ2v) is 15.9. The number of hydrogen-bond acceptors (Lipinski definition) is 4. The predicted octanol–water partition coefficient (Wildman–Crippen LogP) is 6.18. The van der Waals surface area contributed by atoms with Crippen molar-refractivity contribution in [2.75, 3.05) is 18.1 Å². The monoisotopic (exact) mass is 398 g/mol. The minimum absolute atomic E-state index is 0.202. The number of benzene rings is 1. The van der Waals surface area contributed by atoms with Gasteiger partial charge in [-0.15, -0.1) is 23.5 Å². The van der Waals surface area contributed by atoms with Crippen LogP contribution >= 0.6 is 23.5 Å². The summed E-state index contributed by atoms with van der Waals surface area (Å²) >= 11 is 4.20. The molecule has 1 aliphatic rings. The molecule has 2 rings (SSSR count). The van der Waals surface area contributed by atoms with Crippen LogP contribution in [0.4, 0.5) is 0 Å². The molecule has 2 nitrogen and oxygen atoms in total. The Labute approximate surface area is 164 Å². The van der Waals surface area contributed by atoms with Gasteiger partial charge in [-0.05, 0) is 48.0 Å². The van der Waals surface area contributed by atoms with E-state index in [0.29, 0.717) is 17.8 Å². The topological polar surface area (TPSA) is 18.5 Å². The fourth-order valence-electron chi connectivity index (χ4n) is 2.51. The third kappa shape index (κ3) is 7.29. The summed E-state index contributed by atoms with van der Waals surface area (Å²) in [4.78, 5) is 0. The lowest BCUT2D eigenvalue weighted by molar-refractivity contribution is 0.0325. The van der Waals surface area contributed by atoms with E-state index in [0.717, 1.165) is 6.42 Å². The standard InChI is InChI=1S/C20H34O2S2Si/c1-20(2,3)25(4,5)22-18(14-19-23-12-9-13-24-19)16-21-15-17-10-7-6-8-11-17/h6-8,10-11,18-19H,9,12-16H2,1-5H3/t18-/m1/s1. The minimum atomic E-state index is -1.78. The zero-order chi connectivity index (χ0) is 18.3. The molecule has 0 saturated carbocycles. The van der Waals surface area contributed by atoms with E-state index in [1.54, 1.807) is 0 Å². The normalized spacial score (nSPS) is 18.3. The van der Waals surface area contributed by atoms with Gasteiger partial charge in [0.25, 0.3) is 0 Å². The van der Waals surface area contributed by atoms with Gasteiger partial charge in [-0.2, -0.15) is 0 Å². The molecule has 1 fully saturated rings. The first-order valence-electron chi connectivity index (χ1n) is 9.30. The zero-order valence-corrected chi connectivity index (χ0v) is 19.1. The molecule has 1 aromatic rings. The summed E-state index contributed by atoms with van der Waals surface area (Å²) in [6.45, 7) is 13.0. The molecule has 1 aromatic carbocycles. The molecule has 0 unspecified atom stereocenters. The van der Waals surface area contributed by atoms with Crippen LogP contribution in [0.15, 0.2) is 30.3 Å². The fraction of sp³-hybridized carbons (Fsp3) is 0.700. The Bertz CT molecular complexity index is 496. The average molecular weight is 399 g/mol. The van der Waals surface area contributed by atoms with Crippen molar-refractivity contribution in [3.05, 3.63) is 35.9 Å². The van der Waals surface area contributed by atoms with E-state index in [9.17, 15) is 0 Å². The van der Waals surface area contributed by atoms with E-state index in [1.165, 1.54) is 23.5 Å². The number of thioether (sulfide) groups is 2. The molecule has 1 atom stereocenters. The quantitative estimate of drug-likeness (QED) is 0.486. The molecule has 0 radical (unpaired) electrons. The summed E-state index contributed by atoms with van der Waals surface area (Å²) in [6, 6.07) is 10.4. The van der Waals surface area contributed by atoms with Gasteiger partial charge in [0.15, 0.2) is 8.32 Å². The Hall–Kier alpha value is 0.0569. The molecule has 0 spiro atoms. The van der Waals surface area contributed by atoms with Crippen molar-refractivity contribution in [3.63, 3.8) is 0 Å². The Morgan fingerprint density at radius 2 is 1.76 bits per heavy atom. The highest BCUT2D eigenvalue weighted by molar-refractivity contribution is 8.17. The lowest BCUT2D eigenvalue weighted by Gasteiger charge is -2.40. The summed E-state index contributed by atoms with van der Waals surface area (Å²) in [7, 11) is -1.78. The molecule has 0 amide bonds. The first kappa shape index (κ1) is 21.4. The van der Waals surface area contributed by atoms with Crippen LogP contribution < -0.4 is 0 Å². The number of ether oxygens (including phenoxy) is 1. The third-order valence-electron chi connectivity index (χ3n) is 5.03. The Morgan fingerprint density at radius 3 is 2.36 bits per heavy atom. The first-order chi connectivity index (χ1) is 11.8. The van der Waals surface area contributed by atoms with Gasteiger partial charge >= 0.3 is 0 Å². The molecule has 0 aliphatic carbocycles. The zero-order valence-electron chi connectivity index (χ0n) is 16.4. The highest BCUT2D eigenvalue weighted by Gasteiger charge is 2.39. The van der Waals surface area contributed by atoms with Crippen LogP contribution in [0.2, 0.25) is 18.1 Å². The maximum atomic E-state index is 6.73. The van der Waals surface area contributed by atoms with Gasteiger partial charge in [-0.1, -0.05) is 51.1 Å². The third-order valence-corrected chi connectivity index (χ3v) is 12.6. The molecule has 5 heteroatoms. The van der Waals surface area contributed by atoms with Crippen LogP contribution in [0.1, 0.15) is 39.2 Å². The van der Waals surface area contributed by atoms with E-state index in [2.05, 4.69) is 81.7 Å². The molecule has 0 bridgehead atoms. The van der Waals surface area contributed by atoms with Crippen LogP contribution in [0.5, 0.6) is 0 Å². The van der Waals surface area contributed by atoms with E-state index < -0.39 is 8.32 Å². The number of hydrogen-bond donors (Lipinski definition) is 0. The van der Waals surface area contributed by atoms with E-state index in [1.807, 2.05) is 6.07 Å². The fourth-order valence-corrected chi connectivity index (χ4v) is 6.86. The summed E-state index contributed by atoms with van der Waals surface area (Å²) in [5, 5.41) is 0.234. The van der Waals surface area contributed by atoms with E-state index in [4.69, 9.17) is 9.16 Å². The Balaban J connectivity index is 1.93. The van der Waals surface area contributed by atoms with Gasteiger partial charge in [0, 0.05) is 0 Å². The number of rotatable bonds is 8. The first-order valence-corrected chi connectivity index (χ1v) is 14.3. The van der Waals surface area contributed by atoms with Crippen LogP contribution in [0.3, 0.4) is 0 Å². The summed E-state index contributed by atoms with van der Waals surface area (Å²) in [6.07, 6.45) is 2.63. The lowest BCUT2D eigenvalue weighted by atomic mass is 10.2. The molecular weight excluding hydrogens is 364 g/mol. The Morgan fingerprint density at radius 1 is 1.12 bits per heavy atom. The molecule has 0 N–H and O–H groups in total. The molecular formula is C20H34O2S2Si. The predicted molar refractivity (Wildman–Crippen MR) is 116 cm³/mol. The minimum Gasteiger partial charge on any atom is -0.412 e. The van der Waals surface area contributed by atoms with Crippen molar-refractivity contribution in [1.82, 2.24) is 0 Å². The van der Waals surface area contributed by atoms with Gasteiger partial charge in [0.1, 0.15) is 0 Å². The maximum Gasteiger partial charge on any atom is 0.192 e. The molecule has 1 saturated heterocycles. The van der Waals surface area contributed by atoms with Crippen molar-refractivity contribution in [1.29, 1.82) is 0 Å². The highest BCUT2D eigenvalue weighted by atomic mass is 32.2. The summed E-state index contributed by atoms with van der Waals surface area (Å²) in [5.74, 6) is 2.57. The molecule has 1 heterocycles. The SMILES string of the molecule is CC(C)(C)[Si](C)(C)O[C@@H](COCc1ccccc1)CC1SCCCS1. The largest absolute Gasteiger partial charge is 0.412 e. The Kier molecular flexibility index (Phi) is 8.40. The average Bonchev–Trinajstić information content (AvgIpc) is 2.55. The van der Waals surface area contributed by atoms with E-state index >= 15 is 0 Å². The van der Waals surface area contributed by atoms with Crippen LogP contribution in [0, 0.1) is 0 Å². The molecule has 1 aliphatic heterocycles. The van der Waals surface area contributed by atoms with Crippen molar-refractivity contribution in [3.8, 4) is 0 Å². The second kappa shape index (κ2) is 9.84. The molecule has 142 valence electrons. The summed E-state index contributed by atoms with van der Waals surface area (Å²) < 4.78 is 13.4. The van der Waals surface area contributed by atoms with Gasteiger partial charge in [-0.25, -0.2) is 0 Å². The van der Waals surface area contributed by atoms with Crippen LogP contribution in [0.25, 0.3) is 0 Å². The molecule has 0 aromatic heterocycles. The van der Waals surface area contributed by atoms with Gasteiger partial charge in [0.05, 0.1) is 23.9 Å². The van der Waals surface area contributed by atoms with Gasteiger partial charge in [0.2, 0.25) is 0 Å². The van der Waals surface area contributed by atoms with Crippen molar-refractivity contribution >= 4 is 31.8 Å². The van der Waals surface area contributed by atoms with Crippen molar-refractivity contribution in [2.45, 2.75) is 69.0 Å². The maximum absolute atomic E-state index is 6.73. The van der Waals surface area contributed by atoms with E-state index in [-0.39, 0.29) is 11.1 Å². The lowest BCUT2D eigenvalue weighted by Crippen LogP contribution is -2.45.